The fourth-order valence-electron chi connectivity index (χ4n) is 2.08. The summed E-state index contributed by atoms with van der Waals surface area (Å²) < 4.78 is 0. The molecule has 0 bridgehead atoms. The van der Waals surface area contributed by atoms with Crippen LogP contribution in [-0.4, -0.2) is 29.1 Å². The summed E-state index contributed by atoms with van der Waals surface area (Å²) in [5.41, 5.74) is 5.86. The molecule has 0 aromatic rings. The standard InChI is InChI=1S/C12H18N2O3/c1-2-5-10(12(16)17)14-11(15)8-6-3-4-7-9(8)13/h1,8-10H,3-7,13H2,(H,14,15)(H,16,17). The van der Waals surface area contributed by atoms with Gasteiger partial charge >= 0.3 is 5.97 Å². The third-order valence-corrected chi connectivity index (χ3v) is 3.09. The highest BCUT2D eigenvalue weighted by atomic mass is 16.4. The molecule has 1 saturated carbocycles. The average Bonchev–Trinajstić information content (AvgIpc) is 2.28. The lowest BCUT2D eigenvalue weighted by Crippen LogP contribution is -2.49. The Bertz CT molecular complexity index is 335. The van der Waals surface area contributed by atoms with E-state index in [1.54, 1.807) is 0 Å². The Morgan fingerprint density at radius 1 is 1.47 bits per heavy atom. The van der Waals surface area contributed by atoms with Gasteiger partial charge in [-0.05, 0) is 12.8 Å². The molecule has 0 saturated heterocycles. The van der Waals surface area contributed by atoms with Gasteiger partial charge in [0.1, 0.15) is 6.04 Å². The molecule has 3 unspecified atom stereocenters. The van der Waals surface area contributed by atoms with Crippen LogP contribution in [0.5, 0.6) is 0 Å². The number of amides is 1. The number of hydrogen-bond donors (Lipinski definition) is 3. The molecule has 1 fully saturated rings. The molecule has 1 rings (SSSR count). The van der Waals surface area contributed by atoms with E-state index in [4.69, 9.17) is 17.3 Å². The minimum atomic E-state index is -1.11. The van der Waals surface area contributed by atoms with Crippen LogP contribution >= 0.6 is 0 Å². The minimum Gasteiger partial charge on any atom is -0.480 e. The molecular weight excluding hydrogens is 220 g/mol. The third-order valence-electron chi connectivity index (χ3n) is 3.09. The summed E-state index contributed by atoms with van der Waals surface area (Å²) in [6.45, 7) is 0. The van der Waals surface area contributed by atoms with Gasteiger partial charge in [-0.1, -0.05) is 12.8 Å². The van der Waals surface area contributed by atoms with Crippen molar-refractivity contribution in [2.75, 3.05) is 0 Å². The molecule has 5 heteroatoms. The molecule has 17 heavy (non-hydrogen) atoms. The molecule has 0 spiro atoms. The van der Waals surface area contributed by atoms with E-state index in [0.29, 0.717) is 0 Å². The highest BCUT2D eigenvalue weighted by Crippen LogP contribution is 2.23. The molecule has 1 aliphatic rings. The van der Waals surface area contributed by atoms with Crippen molar-refractivity contribution in [3.63, 3.8) is 0 Å². The van der Waals surface area contributed by atoms with Crippen LogP contribution in [0.1, 0.15) is 32.1 Å². The molecule has 0 aliphatic heterocycles. The van der Waals surface area contributed by atoms with E-state index >= 15 is 0 Å². The number of carbonyl (C=O) groups is 2. The van der Waals surface area contributed by atoms with Gasteiger partial charge in [-0.2, -0.15) is 0 Å². The molecule has 3 atom stereocenters. The van der Waals surface area contributed by atoms with Gasteiger partial charge in [-0.15, -0.1) is 12.3 Å². The van der Waals surface area contributed by atoms with Crippen LogP contribution < -0.4 is 11.1 Å². The third kappa shape index (κ3) is 3.75. The van der Waals surface area contributed by atoms with E-state index in [1.165, 1.54) is 0 Å². The van der Waals surface area contributed by atoms with Crippen LogP contribution in [0.4, 0.5) is 0 Å². The predicted octanol–water partition coefficient (Wildman–Crippen LogP) is 0.0966. The molecule has 1 amide bonds. The van der Waals surface area contributed by atoms with Gasteiger partial charge in [0.2, 0.25) is 5.91 Å². The quantitative estimate of drug-likeness (QED) is 0.605. The van der Waals surface area contributed by atoms with Crippen molar-refractivity contribution in [3.05, 3.63) is 0 Å². The summed E-state index contributed by atoms with van der Waals surface area (Å²) in [6, 6.07) is -1.19. The van der Waals surface area contributed by atoms with Crippen molar-refractivity contribution < 1.29 is 14.7 Å². The second kappa shape index (κ2) is 6.26. The lowest BCUT2D eigenvalue weighted by atomic mass is 9.84. The van der Waals surface area contributed by atoms with Gasteiger partial charge in [0.25, 0.3) is 0 Å². The highest BCUT2D eigenvalue weighted by molar-refractivity contribution is 5.85. The molecule has 0 aromatic carbocycles. The Morgan fingerprint density at radius 2 is 2.12 bits per heavy atom. The monoisotopic (exact) mass is 238 g/mol. The van der Waals surface area contributed by atoms with Gasteiger partial charge in [0.15, 0.2) is 0 Å². The molecule has 94 valence electrons. The van der Waals surface area contributed by atoms with Gasteiger partial charge in [-0.25, -0.2) is 4.79 Å². The lowest BCUT2D eigenvalue weighted by Gasteiger charge is -2.28. The average molecular weight is 238 g/mol. The number of rotatable bonds is 4. The Hall–Kier alpha value is -1.54. The number of carboxylic acid groups (broad SMARTS) is 1. The fourth-order valence-corrected chi connectivity index (χ4v) is 2.08. The largest absolute Gasteiger partial charge is 0.480 e. The van der Waals surface area contributed by atoms with Crippen molar-refractivity contribution in [2.45, 2.75) is 44.2 Å². The maximum absolute atomic E-state index is 11.9. The summed E-state index contributed by atoms with van der Waals surface area (Å²) in [4.78, 5) is 22.7. The van der Waals surface area contributed by atoms with Gasteiger partial charge < -0.3 is 16.2 Å². The summed E-state index contributed by atoms with van der Waals surface area (Å²) in [6.07, 6.45) is 8.56. The van der Waals surface area contributed by atoms with E-state index in [9.17, 15) is 9.59 Å². The normalized spacial score (nSPS) is 25.6. The summed E-state index contributed by atoms with van der Waals surface area (Å²) in [5, 5.41) is 11.3. The highest BCUT2D eigenvalue weighted by Gasteiger charge is 2.30. The number of aliphatic carboxylic acids is 1. The predicted molar refractivity (Wildman–Crippen MR) is 62.9 cm³/mol. The first-order valence-corrected chi connectivity index (χ1v) is 5.78. The zero-order valence-electron chi connectivity index (χ0n) is 9.69. The second-order valence-electron chi connectivity index (χ2n) is 4.36. The first kappa shape index (κ1) is 13.5. The molecule has 0 heterocycles. The van der Waals surface area contributed by atoms with Gasteiger partial charge in [-0.3, -0.25) is 4.79 Å². The number of carboxylic acids is 1. The summed E-state index contributed by atoms with van der Waals surface area (Å²) in [7, 11) is 0. The molecule has 0 radical (unpaired) electrons. The first-order chi connectivity index (χ1) is 8.06. The van der Waals surface area contributed by atoms with Crippen LogP contribution in [0.25, 0.3) is 0 Å². The Labute approximate surface area is 101 Å². The van der Waals surface area contributed by atoms with E-state index in [1.807, 2.05) is 0 Å². The van der Waals surface area contributed by atoms with Crippen molar-refractivity contribution in [3.8, 4) is 12.3 Å². The Kier molecular flexibility index (Phi) is 4.98. The van der Waals surface area contributed by atoms with Crippen molar-refractivity contribution in [1.82, 2.24) is 5.32 Å². The van der Waals surface area contributed by atoms with Crippen LogP contribution in [0.3, 0.4) is 0 Å². The summed E-state index contributed by atoms with van der Waals surface area (Å²) >= 11 is 0. The Balaban J connectivity index is 2.57. The maximum Gasteiger partial charge on any atom is 0.327 e. The number of nitrogens with two attached hydrogens (primary N) is 1. The van der Waals surface area contributed by atoms with E-state index in [0.717, 1.165) is 25.7 Å². The number of terminal acetylenes is 1. The van der Waals surface area contributed by atoms with Crippen molar-refractivity contribution in [2.24, 2.45) is 11.7 Å². The lowest BCUT2D eigenvalue weighted by molar-refractivity contribution is -0.142. The molecule has 0 aromatic heterocycles. The van der Waals surface area contributed by atoms with Crippen LogP contribution in [0.15, 0.2) is 0 Å². The molecule has 5 nitrogen and oxygen atoms in total. The molecule has 1 aliphatic carbocycles. The smallest absolute Gasteiger partial charge is 0.327 e. The van der Waals surface area contributed by atoms with Crippen LogP contribution in [-0.2, 0) is 9.59 Å². The SMILES string of the molecule is C#CCC(NC(=O)C1CCCCC1N)C(=O)O. The second-order valence-corrected chi connectivity index (χ2v) is 4.36. The van der Waals surface area contributed by atoms with E-state index in [-0.39, 0.29) is 24.3 Å². The zero-order chi connectivity index (χ0) is 12.8. The van der Waals surface area contributed by atoms with Crippen LogP contribution in [0, 0.1) is 18.3 Å². The van der Waals surface area contributed by atoms with Gasteiger partial charge in [0.05, 0.1) is 5.92 Å². The maximum atomic E-state index is 11.9. The van der Waals surface area contributed by atoms with Crippen molar-refractivity contribution >= 4 is 11.9 Å². The van der Waals surface area contributed by atoms with E-state index in [2.05, 4.69) is 11.2 Å². The van der Waals surface area contributed by atoms with Crippen molar-refractivity contribution in [1.29, 1.82) is 0 Å². The van der Waals surface area contributed by atoms with Crippen LogP contribution in [0.2, 0.25) is 0 Å². The Morgan fingerprint density at radius 3 is 2.65 bits per heavy atom. The first-order valence-electron chi connectivity index (χ1n) is 5.78. The minimum absolute atomic E-state index is 0.0109. The molecular formula is C12H18N2O3. The topological polar surface area (TPSA) is 92.4 Å². The number of hydrogen-bond acceptors (Lipinski definition) is 3. The van der Waals surface area contributed by atoms with Gasteiger partial charge in [0, 0.05) is 12.5 Å². The fraction of sp³-hybridized carbons (Fsp3) is 0.667. The molecule has 4 N–H and O–H groups in total. The number of carbonyl (C=O) groups excluding carboxylic acids is 1. The zero-order valence-corrected chi connectivity index (χ0v) is 9.69. The van der Waals surface area contributed by atoms with E-state index < -0.39 is 12.0 Å². The number of nitrogens with one attached hydrogen (secondary N) is 1. The summed E-state index contributed by atoms with van der Waals surface area (Å²) in [5.74, 6) is 0.551.